The highest BCUT2D eigenvalue weighted by Gasteiger charge is 2.26. The maximum absolute atomic E-state index is 11.3. The Morgan fingerprint density at radius 2 is 2.19 bits per heavy atom. The van der Waals surface area contributed by atoms with Gasteiger partial charge in [-0.2, -0.15) is 0 Å². The van der Waals surface area contributed by atoms with Crippen LogP contribution in [0.2, 0.25) is 0 Å². The number of halogens is 1. The molecule has 21 heavy (non-hydrogen) atoms. The molecule has 0 aromatic carbocycles. The van der Waals surface area contributed by atoms with E-state index in [2.05, 4.69) is 35.5 Å². The fraction of sp³-hybridized carbons (Fsp3) is 0.385. The minimum absolute atomic E-state index is 0.0721. The van der Waals surface area contributed by atoms with Crippen LogP contribution in [-0.4, -0.2) is 43.8 Å². The second kappa shape index (κ2) is 5.51. The summed E-state index contributed by atoms with van der Waals surface area (Å²) in [5, 5.41) is 2.02. The van der Waals surface area contributed by atoms with Crippen LogP contribution < -0.4 is 9.62 Å². The Bertz CT molecular complexity index is 781. The van der Waals surface area contributed by atoms with Crippen molar-refractivity contribution < 1.29 is 8.42 Å². The number of aromatic nitrogens is 2. The highest BCUT2D eigenvalue weighted by atomic mass is 79.9. The van der Waals surface area contributed by atoms with Gasteiger partial charge in [0, 0.05) is 53.0 Å². The fourth-order valence-electron chi connectivity index (χ4n) is 2.65. The van der Waals surface area contributed by atoms with Crippen molar-refractivity contribution in [3.8, 4) is 0 Å². The molecule has 1 atom stereocenters. The van der Waals surface area contributed by atoms with E-state index < -0.39 is 10.0 Å². The summed E-state index contributed by atoms with van der Waals surface area (Å²) in [5.41, 5.74) is 0. The maximum atomic E-state index is 11.3. The molecule has 1 saturated heterocycles. The molecule has 2 aromatic rings. The second-order valence-electron chi connectivity index (χ2n) is 5.17. The standard InChI is InChI=1S/C13H15BrN4O2S/c1-21(19,20)17-9-3-5-18(8-9)13-11-6-15-7-12(14)10(11)2-4-16-13/h2,4,6-7,9,17H,3,5,8H2,1H3/t9-/m0/s1. The largest absolute Gasteiger partial charge is 0.354 e. The lowest BCUT2D eigenvalue weighted by atomic mass is 10.2. The van der Waals surface area contributed by atoms with Gasteiger partial charge in [0.2, 0.25) is 10.0 Å². The molecular formula is C13H15BrN4O2S. The van der Waals surface area contributed by atoms with E-state index in [9.17, 15) is 8.42 Å². The number of hydrogen-bond acceptors (Lipinski definition) is 5. The summed E-state index contributed by atoms with van der Waals surface area (Å²) in [7, 11) is -3.18. The second-order valence-corrected chi connectivity index (χ2v) is 7.81. The molecule has 3 rings (SSSR count). The minimum Gasteiger partial charge on any atom is -0.354 e. The molecule has 1 N–H and O–H groups in total. The van der Waals surface area contributed by atoms with Gasteiger partial charge in [-0.25, -0.2) is 18.1 Å². The monoisotopic (exact) mass is 370 g/mol. The van der Waals surface area contributed by atoms with Crippen LogP contribution in [0.1, 0.15) is 6.42 Å². The molecule has 8 heteroatoms. The Labute approximate surface area is 131 Å². The van der Waals surface area contributed by atoms with Crippen LogP contribution >= 0.6 is 15.9 Å². The quantitative estimate of drug-likeness (QED) is 0.886. The molecule has 112 valence electrons. The number of hydrogen-bond donors (Lipinski definition) is 1. The minimum atomic E-state index is -3.18. The van der Waals surface area contributed by atoms with Gasteiger partial charge < -0.3 is 4.90 Å². The van der Waals surface area contributed by atoms with E-state index in [-0.39, 0.29) is 6.04 Å². The number of pyridine rings is 2. The third-order valence-corrected chi connectivity index (χ3v) is 4.88. The van der Waals surface area contributed by atoms with E-state index >= 15 is 0 Å². The van der Waals surface area contributed by atoms with Crippen molar-refractivity contribution in [2.75, 3.05) is 24.2 Å². The molecule has 0 saturated carbocycles. The zero-order valence-corrected chi connectivity index (χ0v) is 13.9. The molecule has 1 aliphatic heterocycles. The van der Waals surface area contributed by atoms with E-state index in [1.165, 1.54) is 6.26 Å². The van der Waals surface area contributed by atoms with Crippen molar-refractivity contribution >= 4 is 42.5 Å². The Kier molecular flexibility index (Phi) is 3.85. The average molecular weight is 371 g/mol. The van der Waals surface area contributed by atoms with Crippen LogP contribution in [0.5, 0.6) is 0 Å². The first-order chi connectivity index (χ1) is 9.94. The summed E-state index contributed by atoms with van der Waals surface area (Å²) >= 11 is 3.49. The summed E-state index contributed by atoms with van der Waals surface area (Å²) < 4.78 is 26.2. The molecule has 1 fully saturated rings. The van der Waals surface area contributed by atoms with Gasteiger partial charge >= 0.3 is 0 Å². The molecule has 0 unspecified atom stereocenters. The van der Waals surface area contributed by atoms with Crippen molar-refractivity contribution in [1.29, 1.82) is 0 Å². The molecule has 0 radical (unpaired) electrons. The summed E-state index contributed by atoms with van der Waals surface area (Å²) in [5.74, 6) is 0.846. The number of rotatable bonds is 3. The molecule has 2 aromatic heterocycles. The maximum Gasteiger partial charge on any atom is 0.209 e. The first-order valence-electron chi connectivity index (χ1n) is 6.54. The van der Waals surface area contributed by atoms with Crippen molar-refractivity contribution in [3.63, 3.8) is 0 Å². The number of fused-ring (bicyclic) bond motifs is 1. The molecule has 0 amide bonds. The van der Waals surface area contributed by atoms with E-state index in [0.29, 0.717) is 6.54 Å². The average Bonchev–Trinajstić information content (AvgIpc) is 2.85. The molecule has 0 bridgehead atoms. The lowest BCUT2D eigenvalue weighted by Gasteiger charge is -2.19. The van der Waals surface area contributed by atoms with Gasteiger partial charge in [-0.05, 0) is 28.4 Å². The Morgan fingerprint density at radius 1 is 1.38 bits per heavy atom. The van der Waals surface area contributed by atoms with Crippen molar-refractivity contribution in [3.05, 3.63) is 29.1 Å². The lowest BCUT2D eigenvalue weighted by molar-refractivity contribution is 0.567. The van der Waals surface area contributed by atoms with Gasteiger partial charge in [0.25, 0.3) is 0 Å². The van der Waals surface area contributed by atoms with Crippen LogP contribution in [0.15, 0.2) is 29.1 Å². The molecule has 0 aliphatic carbocycles. The lowest BCUT2D eigenvalue weighted by Crippen LogP contribution is -2.36. The highest BCUT2D eigenvalue weighted by molar-refractivity contribution is 9.10. The molecule has 0 spiro atoms. The predicted molar refractivity (Wildman–Crippen MR) is 85.8 cm³/mol. The fourth-order valence-corrected chi connectivity index (χ4v) is 3.91. The van der Waals surface area contributed by atoms with Crippen LogP contribution in [0, 0.1) is 0 Å². The van der Waals surface area contributed by atoms with Gasteiger partial charge in [-0.15, -0.1) is 0 Å². The molecule has 3 heterocycles. The summed E-state index contributed by atoms with van der Waals surface area (Å²) in [6.07, 6.45) is 7.27. The van der Waals surface area contributed by atoms with Crippen LogP contribution in [0.3, 0.4) is 0 Å². The topological polar surface area (TPSA) is 75.2 Å². The smallest absolute Gasteiger partial charge is 0.209 e. The summed E-state index contributed by atoms with van der Waals surface area (Å²) in [6.45, 7) is 1.39. The Morgan fingerprint density at radius 3 is 2.95 bits per heavy atom. The highest BCUT2D eigenvalue weighted by Crippen LogP contribution is 2.30. The number of sulfonamides is 1. The third kappa shape index (κ3) is 3.17. The van der Waals surface area contributed by atoms with E-state index in [1.807, 2.05) is 6.07 Å². The van der Waals surface area contributed by atoms with Crippen molar-refractivity contribution in [2.45, 2.75) is 12.5 Å². The summed E-state index contributed by atoms with van der Waals surface area (Å²) in [4.78, 5) is 10.7. The molecular weight excluding hydrogens is 356 g/mol. The zero-order chi connectivity index (χ0) is 15.0. The van der Waals surface area contributed by atoms with Gasteiger partial charge in [0.1, 0.15) is 5.82 Å². The predicted octanol–water partition coefficient (Wildman–Crippen LogP) is 1.52. The Hall–Kier alpha value is -1.25. The first kappa shape index (κ1) is 14.7. The summed E-state index contributed by atoms with van der Waals surface area (Å²) in [6, 6.07) is 1.87. The zero-order valence-electron chi connectivity index (χ0n) is 11.5. The van der Waals surface area contributed by atoms with Crippen molar-refractivity contribution in [2.24, 2.45) is 0 Å². The number of nitrogens with one attached hydrogen (secondary N) is 1. The van der Waals surface area contributed by atoms with Crippen LogP contribution in [0.4, 0.5) is 5.82 Å². The van der Waals surface area contributed by atoms with Gasteiger partial charge in [0.05, 0.1) is 6.26 Å². The Balaban J connectivity index is 1.91. The van der Waals surface area contributed by atoms with E-state index in [0.717, 1.165) is 34.0 Å². The first-order valence-corrected chi connectivity index (χ1v) is 9.23. The van der Waals surface area contributed by atoms with E-state index in [4.69, 9.17) is 0 Å². The van der Waals surface area contributed by atoms with Crippen LogP contribution in [0.25, 0.3) is 10.8 Å². The molecule has 1 aliphatic rings. The van der Waals surface area contributed by atoms with Crippen molar-refractivity contribution in [1.82, 2.24) is 14.7 Å². The van der Waals surface area contributed by atoms with Gasteiger partial charge in [-0.3, -0.25) is 4.98 Å². The SMILES string of the molecule is CS(=O)(=O)N[C@H]1CCN(c2nccc3c(Br)cncc23)C1. The molecule has 6 nitrogen and oxygen atoms in total. The van der Waals surface area contributed by atoms with Gasteiger partial charge in [0.15, 0.2) is 0 Å². The number of anilines is 1. The van der Waals surface area contributed by atoms with E-state index in [1.54, 1.807) is 18.6 Å². The van der Waals surface area contributed by atoms with Gasteiger partial charge in [-0.1, -0.05) is 0 Å². The normalized spacial score (nSPS) is 19.3. The number of nitrogens with zero attached hydrogens (tertiary/aromatic N) is 3. The third-order valence-electron chi connectivity index (χ3n) is 3.49. The van der Waals surface area contributed by atoms with Crippen LogP contribution in [-0.2, 0) is 10.0 Å².